The minimum absolute atomic E-state index is 0.0656. The monoisotopic (exact) mass is 448 g/mol. The number of aromatic nitrogens is 4. The van der Waals surface area contributed by atoms with Crippen LogP contribution in [-0.4, -0.2) is 57.5 Å². The number of nitrogen functional groups attached to an aromatic ring is 1. The van der Waals surface area contributed by atoms with Crippen LogP contribution in [0.25, 0.3) is 11.3 Å². The summed E-state index contributed by atoms with van der Waals surface area (Å²) in [4.78, 5) is 32.3. The number of hydrogen-bond acceptors (Lipinski definition) is 8. The molecule has 0 saturated carbocycles. The zero-order chi connectivity index (χ0) is 23.4. The van der Waals surface area contributed by atoms with E-state index in [4.69, 9.17) is 20.2 Å². The van der Waals surface area contributed by atoms with Crippen molar-refractivity contribution in [1.29, 1.82) is 0 Å². The molecule has 1 amide bonds. The minimum Gasteiger partial charge on any atom is -0.497 e. The second-order valence-electron chi connectivity index (χ2n) is 7.99. The third-order valence-electron chi connectivity index (χ3n) is 5.79. The molecule has 172 valence electrons. The van der Waals surface area contributed by atoms with Gasteiger partial charge in [-0.3, -0.25) is 9.78 Å². The molecule has 1 aromatic carbocycles. The molecular formula is C24H28N6O3. The summed E-state index contributed by atoms with van der Waals surface area (Å²) in [6, 6.07) is 7.67. The van der Waals surface area contributed by atoms with Crippen molar-refractivity contribution < 1.29 is 14.3 Å². The van der Waals surface area contributed by atoms with Crippen molar-refractivity contribution in [3.63, 3.8) is 0 Å². The first-order valence-corrected chi connectivity index (χ1v) is 10.9. The van der Waals surface area contributed by atoms with E-state index in [1.165, 1.54) is 0 Å². The lowest BCUT2D eigenvalue weighted by Gasteiger charge is -2.32. The largest absolute Gasteiger partial charge is 0.497 e. The fraction of sp³-hybridized carbons (Fsp3) is 0.375. The van der Waals surface area contributed by atoms with Gasteiger partial charge in [0.15, 0.2) is 0 Å². The lowest BCUT2D eigenvalue weighted by atomic mass is 10.1. The fourth-order valence-electron chi connectivity index (χ4n) is 4.03. The van der Waals surface area contributed by atoms with E-state index in [0.29, 0.717) is 38.2 Å². The molecule has 1 aliphatic heterocycles. The molecule has 33 heavy (non-hydrogen) atoms. The third-order valence-corrected chi connectivity index (χ3v) is 5.79. The van der Waals surface area contributed by atoms with Gasteiger partial charge in [0.05, 0.1) is 44.0 Å². The average Bonchev–Trinajstić information content (AvgIpc) is 2.83. The van der Waals surface area contributed by atoms with Crippen LogP contribution in [0.2, 0.25) is 0 Å². The molecule has 2 N–H and O–H groups in total. The molecule has 9 nitrogen and oxygen atoms in total. The van der Waals surface area contributed by atoms with Crippen LogP contribution in [0.4, 0.5) is 5.95 Å². The zero-order valence-corrected chi connectivity index (χ0v) is 19.1. The number of nitrogens with two attached hydrogens (primary N) is 1. The number of hydrogen-bond donors (Lipinski definition) is 1. The first kappa shape index (κ1) is 22.6. The molecule has 1 aliphatic rings. The van der Waals surface area contributed by atoms with Gasteiger partial charge in [0.2, 0.25) is 11.9 Å². The highest BCUT2D eigenvalue weighted by molar-refractivity contribution is 5.76. The maximum absolute atomic E-state index is 13.0. The number of morpholine rings is 1. The van der Waals surface area contributed by atoms with Crippen LogP contribution >= 0.6 is 0 Å². The molecule has 0 spiro atoms. The van der Waals surface area contributed by atoms with Crippen molar-refractivity contribution >= 4 is 11.9 Å². The average molecular weight is 449 g/mol. The molecule has 1 fully saturated rings. The van der Waals surface area contributed by atoms with Gasteiger partial charge in [0.1, 0.15) is 11.9 Å². The van der Waals surface area contributed by atoms with Crippen molar-refractivity contribution in [2.75, 3.05) is 32.5 Å². The number of amides is 1. The van der Waals surface area contributed by atoms with Crippen molar-refractivity contribution in [3.8, 4) is 17.0 Å². The maximum Gasteiger partial charge on any atom is 0.223 e. The Hall–Kier alpha value is -3.59. The summed E-state index contributed by atoms with van der Waals surface area (Å²) in [5.41, 5.74) is 10.6. The predicted octanol–water partition coefficient (Wildman–Crippen LogP) is 2.67. The van der Waals surface area contributed by atoms with E-state index in [9.17, 15) is 4.79 Å². The second-order valence-corrected chi connectivity index (χ2v) is 7.99. The first-order chi connectivity index (χ1) is 15.9. The quantitative estimate of drug-likeness (QED) is 0.612. The number of carbonyl (C=O) groups excluding carboxylic acids is 1. The van der Waals surface area contributed by atoms with Gasteiger partial charge >= 0.3 is 0 Å². The molecule has 1 saturated heterocycles. The molecule has 0 bridgehead atoms. The molecule has 1 unspecified atom stereocenters. The normalized spacial score (nSPS) is 16.0. The first-order valence-electron chi connectivity index (χ1n) is 10.9. The summed E-state index contributed by atoms with van der Waals surface area (Å²) in [6.45, 7) is 5.22. The van der Waals surface area contributed by atoms with Crippen molar-refractivity contribution in [2.45, 2.75) is 32.8 Å². The summed E-state index contributed by atoms with van der Waals surface area (Å²) in [7, 11) is 1.63. The van der Waals surface area contributed by atoms with Gasteiger partial charge in [0, 0.05) is 29.9 Å². The summed E-state index contributed by atoms with van der Waals surface area (Å²) < 4.78 is 11.2. The summed E-state index contributed by atoms with van der Waals surface area (Å²) in [6.07, 6.45) is 4.02. The lowest BCUT2D eigenvalue weighted by molar-refractivity contribution is -0.139. The van der Waals surface area contributed by atoms with E-state index in [1.807, 2.05) is 43.0 Å². The van der Waals surface area contributed by atoms with Gasteiger partial charge in [-0.15, -0.1) is 0 Å². The topological polar surface area (TPSA) is 116 Å². The van der Waals surface area contributed by atoms with Crippen LogP contribution in [0, 0.1) is 13.8 Å². The number of anilines is 1. The van der Waals surface area contributed by atoms with Gasteiger partial charge in [0.25, 0.3) is 0 Å². The van der Waals surface area contributed by atoms with Crippen LogP contribution in [0.3, 0.4) is 0 Å². The number of methoxy groups -OCH3 is 1. The Morgan fingerprint density at radius 1 is 1.21 bits per heavy atom. The SMILES string of the molecule is COc1cccc(-c2cncc(C3CN(C(=O)CCc4c(C)nc(N)nc4C)CCO3)n2)c1. The Kier molecular flexibility index (Phi) is 6.79. The number of aryl methyl sites for hydroxylation is 2. The number of rotatable bonds is 6. The van der Waals surface area contributed by atoms with Crippen LogP contribution in [0.15, 0.2) is 36.7 Å². The van der Waals surface area contributed by atoms with E-state index in [-0.39, 0.29) is 18.0 Å². The number of nitrogens with zero attached hydrogens (tertiary/aromatic N) is 5. The van der Waals surface area contributed by atoms with Gasteiger partial charge in [-0.2, -0.15) is 0 Å². The number of ether oxygens (including phenoxy) is 2. The Labute approximate surface area is 193 Å². The molecule has 1 atom stereocenters. The van der Waals surface area contributed by atoms with Gasteiger partial charge in [-0.05, 0) is 38.0 Å². The van der Waals surface area contributed by atoms with E-state index in [0.717, 1.165) is 34.0 Å². The zero-order valence-electron chi connectivity index (χ0n) is 19.1. The predicted molar refractivity (Wildman–Crippen MR) is 124 cm³/mol. The molecule has 0 radical (unpaired) electrons. The van der Waals surface area contributed by atoms with Crippen LogP contribution in [-0.2, 0) is 16.0 Å². The fourth-order valence-corrected chi connectivity index (χ4v) is 4.03. The van der Waals surface area contributed by atoms with Gasteiger partial charge in [-0.25, -0.2) is 15.0 Å². The summed E-state index contributed by atoms with van der Waals surface area (Å²) in [5.74, 6) is 1.08. The summed E-state index contributed by atoms with van der Waals surface area (Å²) in [5, 5.41) is 0. The highest BCUT2D eigenvalue weighted by Crippen LogP contribution is 2.26. The maximum atomic E-state index is 13.0. The Balaban J connectivity index is 1.44. The lowest BCUT2D eigenvalue weighted by Crippen LogP contribution is -2.42. The Morgan fingerprint density at radius 3 is 2.76 bits per heavy atom. The number of benzene rings is 1. The van der Waals surface area contributed by atoms with E-state index < -0.39 is 0 Å². The third kappa shape index (κ3) is 5.25. The van der Waals surface area contributed by atoms with Crippen molar-refractivity contribution in [1.82, 2.24) is 24.8 Å². The standard InChI is InChI=1S/C24H28N6O3/c1-15-19(16(2)28-24(25)27-15)7-8-23(31)30-9-10-33-22(14-30)21-13-26-12-20(29-21)17-5-4-6-18(11-17)32-3/h4-6,11-13,22H,7-10,14H2,1-3H3,(H2,25,27,28). The minimum atomic E-state index is -0.330. The van der Waals surface area contributed by atoms with Crippen LogP contribution in [0.1, 0.15) is 35.2 Å². The van der Waals surface area contributed by atoms with Crippen LogP contribution in [0.5, 0.6) is 5.75 Å². The molecule has 3 heterocycles. The van der Waals surface area contributed by atoms with E-state index in [2.05, 4.69) is 15.0 Å². The Morgan fingerprint density at radius 2 is 2.00 bits per heavy atom. The second kappa shape index (κ2) is 9.91. The van der Waals surface area contributed by atoms with Gasteiger partial charge in [-0.1, -0.05) is 12.1 Å². The molecule has 3 aromatic rings. The molecule has 2 aromatic heterocycles. The number of carbonyl (C=O) groups is 1. The molecule has 9 heteroatoms. The summed E-state index contributed by atoms with van der Waals surface area (Å²) >= 11 is 0. The molecule has 0 aliphatic carbocycles. The van der Waals surface area contributed by atoms with E-state index >= 15 is 0 Å². The van der Waals surface area contributed by atoms with Crippen LogP contribution < -0.4 is 10.5 Å². The molecular weight excluding hydrogens is 420 g/mol. The van der Waals surface area contributed by atoms with Crippen molar-refractivity contribution in [3.05, 3.63) is 59.3 Å². The highest BCUT2D eigenvalue weighted by atomic mass is 16.5. The Bertz CT molecular complexity index is 1130. The van der Waals surface area contributed by atoms with Gasteiger partial charge < -0.3 is 20.1 Å². The van der Waals surface area contributed by atoms with Crippen molar-refractivity contribution in [2.24, 2.45) is 0 Å². The van der Waals surface area contributed by atoms with E-state index in [1.54, 1.807) is 19.5 Å². The highest BCUT2D eigenvalue weighted by Gasteiger charge is 2.27. The molecule has 4 rings (SSSR count). The smallest absolute Gasteiger partial charge is 0.223 e.